The van der Waals surface area contributed by atoms with Gasteiger partial charge in [-0.2, -0.15) is 4.37 Å². The second-order valence-corrected chi connectivity index (χ2v) is 9.13. The van der Waals surface area contributed by atoms with Crippen molar-refractivity contribution in [2.75, 3.05) is 29.9 Å². The van der Waals surface area contributed by atoms with Crippen LogP contribution in [0.3, 0.4) is 0 Å². The zero-order chi connectivity index (χ0) is 16.1. The topological polar surface area (TPSA) is 79.4 Å². The second kappa shape index (κ2) is 5.04. The van der Waals surface area contributed by atoms with Gasteiger partial charge < -0.3 is 4.90 Å². The molecule has 2 fully saturated rings. The average Bonchev–Trinajstić information content (AvgIpc) is 2.91. The molecule has 2 amide bonds. The van der Waals surface area contributed by atoms with E-state index in [1.807, 2.05) is 36.4 Å². The van der Waals surface area contributed by atoms with Crippen molar-refractivity contribution in [3.05, 3.63) is 36.4 Å². The maximum atomic E-state index is 12.2. The highest BCUT2D eigenvalue weighted by Gasteiger charge is 2.57. The molecule has 0 saturated carbocycles. The number of anilines is 1. The van der Waals surface area contributed by atoms with Crippen LogP contribution in [0.4, 0.5) is 9.80 Å². The van der Waals surface area contributed by atoms with Crippen molar-refractivity contribution in [2.45, 2.75) is 0 Å². The molecule has 2 saturated heterocycles. The van der Waals surface area contributed by atoms with Gasteiger partial charge in [-0.25, -0.2) is 13.2 Å². The van der Waals surface area contributed by atoms with Gasteiger partial charge in [-0.3, -0.25) is 5.32 Å². The van der Waals surface area contributed by atoms with E-state index in [9.17, 15) is 13.2 Å². The molecule has 1 aromatic heterocycles. The molecule has 1 aromatic carbocycles. The lowest BCUT2D eigenvalue weighted by molar-refractivity contribution is 0.0618. The van der Waals surface area contributed by atoms with Crippen molar-refractivity contribution >= 4 is 32.4 Å². The molecule has 23 heavy (non-hydrogen) atoms. The molecule has 2 aliphatic rings. The number of benzene rings is 1. The quantitative estimate of drug-likeness (QED) is 0.900. The van der Waals surface area contributed by atoms with Gasteiger partial charge in [0.2, 0.25) is 0 Å². The zero-order valence-electron chi connectivity index (χ0n) is 12.2. The smallest absolute Gasteiger partial charge is 0.322 e. The van der Waals surface area contributed by atoms with Crippen LogP contribution in [-0.4, -0.2) is 48.3 Å². The van der Waals surface area contributed by atoms with Crippen molar-refractivity contribution in [3.8, 4) is 11.3 Å². The number of rotatable bonds is 2. The van der Waals surface area contributed by atoms with Crippen LogP contribution in [0.25, 0.3) is 11.3 Å². The number of amides is 2. The normalized spacial score (nSPS) is 20.6. The van der Waals surface area contributed by atoms with Crippen LogP contribution < -0.4 is 5.32 Å². The fraction of sp³-hybridized carbons (Fsp3) is 0.333. The minimum atomic E-state index is -2.85. The Bertz CT molecular complexity index is 841. The van der Waals surface area contributed by atoms with Crippen LogP contribution >= 0.6 is 11.5 Å². The molecule has 0 aliphatic carbocycles. The minimum Gasteiger partial charge on any atom is -0.323 e. The molecule has 6 nitrogen and oxygen atoms in total. The molecular weight excluding hydrogens is 334 g/mol. The fourth-order valence-corrected chi connectivity index (χ4v) is 6.04. The Morgan fingerprint density at radius 3 is 2.57 bits per heavy atom. The molecule has 120 valence electrons. The highest BCUT2D eigenvalue weighted by atomic mass is 32.2. The molecule has 0 atom stereocenters. The van der Waals surface area contributed by atoms with E-state index < -0.39 is 9.84 Å². The number of hydrogen-bond donors (Lipinski definition) is 1. The molecule has 0 radical (unpaired) electrons. The minimum absolute atomic E-state index is 0.181. The number of carbonyl (C=O) groups excluding carboxylic acids is 1. The third kappa shape index (κ3) is 2.72. The SMILES string of the molecule is O=C(Nc1cc(-c2ccccc2)ns1)N1CC2(C1)CS(=O)(=O)C2. The van der Waals surface area contributed by atoms with E-state index in [2.05, 4.69) is 9.69 Å². The third-order valence-electron chi connectivity index (χ3n) is 4.20. The molecule has 1 spiro atoms. The van der Waals surface area contributed by atoms with Crippen LogP contribution in [0.2, 0.25) is 0 Å². The molecular formula is C15H15N3O3S2. The summed E-state index contributed by atoms with van der Waals surface area (Å²) in [5, 5.41) is 3.53. The van der Waals surface area contributed by atoms with E-state index in [0.717, 1.165) is 11.3 Å². The van der Waals surface area contributed by atoms with E-state index in [1.54, 1.807) is 4.90 Å². The zero-order valence-corrected chi connectivity index (χ0v) is 13.9. The number of aromatic nitrogens is 1. The summed E-state index contributed by atoms with van der Waals surface area (Å²) >= 11 is 1.24. The molecule has 2 aromatic rings. The second-order valence-electron chi connectivity index (χ2n) is 6.26. The van der Waals surface area contributed by atoms with E-state index in [4.69, 9.17) is 0 Å². The largest absolute Gasteiger partial charge is 0.323 e. The van der Waals surface area contributed by atoms with Crippen LogP contribution in [0.15, 0.2) is 36.4 Å². The lowest BCUT2D eigenvalue weighted by Crippen LogP contribution is -2.69. The van der Waals surface area contributed by atoms with Crippen LogP contribution in [-0.2, 0) is 9.84 Å². The molecule has 4 rings (SSSR count). The van der Waals surface area contributed by atoms with Crippen molar-refractivity contribution in [3.63, 3.8) is 0 Å². The first-order chi connectivity index (χ1) is 10.9. The van der Waals surface area contributed by atoms with Gasteiger partial charge in [-0.05, 0) is 11.5 Å². The molecule has 3 heterocycles. The van der Waals surface area contributed by atoms with E-state index in [-0.39, 0.29) is 23.0 Å². The third-order valence-corrected chi connectivity index (χ3v) is 7.01. The highest BCUT2D eigenvalue weighted by Crippen LogP contribution is 2.41. The number of sulfone groups is 1. The predicted molar refractivity (Wildman–Crippen MR) is 89.2 cm³/mol. The van der Waals surface area contributed by atoms with Crippen LogP contribution in [0.5, 0.6) is 0 Å². The van der Waals surface area contributed by atoms with E-state index >= 15 is 0 Å². The number of carbonyl (C=O) groups is 1. The molecule has 0 unspecified atom stereocenters. The van der Waals surface area contributed by atoms with E-state index in [0.29, 0.717) is 18.1 Å². The Morgan fingerprint density at radius 1 is 1.22 bits per heavy atom. The van der Waals surface area contributed by atoms with Crippen molar-refractivity contribution in [2.24, 2.45) is 5.41 Å². The van der Waals surface area contributed by atoms with Gasteiger partial charge in [0.15, 0.2) is 9.84 Å². The molecule has 0 bridgehead atoms. The van der Waals surface area contributed by atoms with Gasteiger partial charge in [-0.1, -0.05) is 30.3 Å². The number of nitrogens with one attached hydrogen (secondary N) is 1. The highest BCUT2D eigenvalue weighted by molar-refractivity contribution is 7.92. The Hall–Kier alpha value is -1.93. The van der Waals surface area contributed by atoms with E-state index in [1.165, 1.54) is 11.5 Å². The maximum absolute atomic E-state index is 12.2. The van der Waals surface area contributed by atoms with Gasteiger partial charge in [0, 0.05) is 30.1 Å². The summed E-state index contributed by atoms with van der Waals surface area (Å²) in [6.07, 6.45) is 0. The number of urea groups is 1. The Balaban J connectivity index is 1.36. The maximum Gasteiger partial charge on any atom is 0.322 e. The van der Waals surface area contributed by atoms with Gasteiger partial charge >= 0.3 is 6.03 Å². The Kier molecular flexibility index (Phi) is 3.21. The standard InChI is InChI=1S/C15H15N3O3S2/c19-14(18-7-15(8-18)9-23(20,21)10-15)16-13-6-12(17-22-13)11-4-2-1-3-5-11/h1-6H,7-10H2,(H,16,19). The summed E-state index contributed by atoms with van der Waals surface area (Å²) in [6.45, 7) is 1.03. The fourth-order valence-electron chi connectivity index (χ4n) is 3.24. The number of hydrogen-bond acceptors (Lipinski definition) is 5. The summed E-state index contributed by atoms with van der Waals surface area (Å²) in [5.74, 6) is 0.422. The summed E-state index contributed by atoms with van der Waals surface area (Å²) in [4.78, 5) is 13.8. The first-order valence-electron chi connectivity index (χ1n) is 7.23. The monoisotopic (exact) mass is 349 g/mol. The van der Waals surface area contributed by atoms with Gasteiger partial charge in [0.05, 0.1) is 17.2 Å². The first kappa shape index (κ1) is 14.6. The van der Waals surface area contributed by atoms with Crippen molar-refractivity contribution < 1.29 is 13.2 Å². The average molecular weight is 349 g/mol. The summed E-state index contributed by atoms with van der Waals surface area (Å²) < 4.78 is 26.9. The Labute approximate surface area is 138 Å². The number of likely N-dealkylation sites (tertiary alicyclic amines) is 1. The summed E-state index contributed by atoms with van der Waals surface area (Å²) in [6, 6.07) is 11.4. The predicted octanol–water partition coefficient (Wildman–Crippen LogP) is 2.07. The van der Waals surface area contributed by atoms with Crippen molar-refractivity contribution in [1.82, 2.24) is 9.27 Å². The van der Waals surface area contributed by atoms with Gasteiger partial charge in [0.25, 0.3) is 0 Å². The van der Waals surface area contributed by atoms with Crippen LogP contribution in [0, 0.1) is 5.41 Å². The molecule has 8 heteroatoms. The number of nitrogens with zero attached hydrogens (tertiary/aromatic N) is 2. The first-order valence-corrected chi connectivity index (χ1v) is 9.83. The van der Waals surface area contributed by atoms with Crippen molar-refractivity contribution in [1.29, 1.82) is 0 Å². The Morgan fingerprint density at radius 2 is 1.91 bits per heavy atom. The molecule has 2 aliphatic heterocycles. The summed E-state index contributed by atoms with van der Waals surface area (Å²) in [7, 11) is -2.85. The summed E-state index contributed by atoms with van der Waals surface area (Å²) in [5.41, 5.74) is 1.65. The van der Waals surface area contributed by atoms with Crippen LogP contribution in [0.1, 0.15) is 0 Å². The lowest BCUT2D eigenvalue weighted by Gasteiger charge is -2.54. The lowest BCUT2D eigenvalue weighted by atomic mass is 9.83. The molecule has 1 N–H and O–H groups in total. The van der Waals surface area contributed by atoms with Gasteiger partial charge in [-0.15, -0.1) is 0 Å². The van der Waals surface area contributed by atoms with Gasteiger partial charge in [0.1, 0.15) is 5.00 Å².